The van der Waals surface area contributed by atoms with E-state index in [9.17, 15) is 4.79 Å². The van der Waals surface area contributed by atoms with Crippen LogP contribution in [0.3, 0.4) is 0 Å². The van der Waals surface area contributed by atoms with Crippen LogP contribution in [-0.2, 0) is 20.6 Å². The monoisotopic (exact) mass is 498 g/mol. The van der Waals surface area contributed by atoms with Crippen LogP contribution in [-0.4, -0.2) is 38.5 Å². The van der Waals surface area contributed by atoms with Gasteiger partial charge in [-0.05, 0) is 100 Å². The standard InChI is InChI=1S/C32H50O4/c1-3-4-5-6-9-24-35-30-20-14-27(15-21-30)11-8-7-10-26-12-18-29(19-13-26)32(33)36-31-22-16-28(17-23-31)25-34-2/h8,11-13,18-19,27-28,30-31H,3-7,9-10,14-17,20-25H2,1-2H3/b11-8+. The zero-order valence-corrected chi connectivity index (χ0v) is 22.9. The molecule has 0 saturated heterocycles. The van der Waals surface area contributed by atoms with Crippen molar-refractivity contribution in [2.75, 3.05) is 20.3 Å². The lowest BCUT2D eigenvalue weighted by Crippen LogP contribution is -2.26. The molecule has 0 radical (unpaired) electrons. The summed E-state index contributed by atoms with van der Waals surface area (Å²) in [6.45, 7) is 4.02. The summed E-state index contributed by atoms with van der Waals surface area (Å²) >= 11 is 0. The molecule has 0 unspecified atom stereocenters. The molecule has 4 nitrogen and oxygen atoms in total. The maximum atomic E-state index is 12.5. The maximum absolute atomic E-state index is 12.5. The van der Waals surface area contributed by atoms with Gasteiger partial charge in [-0.2, -0.15) is 0 Å². The molecule has 2 fully saturated rings. The Hall–Kier alpha value is -1.65. The van der Waals surface area contributed by atoms with Crippen LogP contribution in [0.1, 0.15) is 113 Å². The Morgan fingerprint density at radius 2 is 1.58 bits per heavy atom. The van der Waals surface area contributed by atoms with Crippen molar-refractivity contribution in [3.63, 3.8) is 0 Å². The van der Waals surface area contributed by atoms with Crippen molar-refractivity contribution in [3.05, 3.63) is 47.5 Å². The second-order valence-corrected chi connectivity index (χ2v) is 11.0. The molecule has 1 aromatic rings. The Bertz CT molecular complexity index is 740. The van der Waals surface area contributed by atoms with Crippen LogP contribution >= 0.6 is 0 Å². The first-order chi connectivity index (χ1) is 17.7. The van der Waals surface area contributed by atoms with Crippen LogP contribution in [0.25, 0.3) is 0 Å². The van der Waals surface area contributed by atoms with E-state index in [0.29, 0.717) is 23.5 Å². The number of rotatable bonds is 15. The summed E-state index contributed by atoms with van der Waals surface area (Å²) in [5.41, 5.74) is 1.93. The average molecular weight is 499 g/mol. The van der Waals surface area contributed by atoms with Crippen molar-refractivity contribution in [2.45, 2.75) is 115 Å². The summed E-state index contributed by atoms with van der Waals surface area (Å²) in [4.78, 5) is 12.5. The molecule has 0 aromatic heterocycles. The number of ether oxygens (including phenoxy) is 3. The Labute approximate surface area is 220 Å². The van der Waals surface area contributed by atoms with Gasteiger partial charge in [0.25, 0.3) is 0 Å². The second kappa shape index (κ2) is 17.0. The van der Waals surface area contributed by atoms with E-state index in [2.05, 4.69) is 31.2 Å². The molecule has 3 rings (SSSR count). The van der Waals surface area contributed by atoms with Crippen molar-refractivity contribution in [3.8, 4) is 0 Å². The van der Waals surface area contributed by atoms with Crippen LogP contribution < -0.4 is 0 Å². The number of carbonyl (C=O) groups is 1. The minimum atomic E-state index is -0.187. The fourth-order valence-corrected chi connectivity index (χ4v) is 5.62. The maximum Gasteiger partial charge on any atom is 0.338 e. The molecular formula is C32H50O4. The van der Waals surface area contributed by atoms with Crippen LogP contribution in [0, 0.1) is 11.8 Å². The van der Waals surface area contributed by atoms with Crippen LogP contribution in [0.5, 0.6) is 0 Å². The molecule has 2 saturated carbocycles. The number of allylic oxidation sites excluding steroid dienone is 2. The summed E-state index contributed by atoms with van der Waals surface area (Å²) < 4.78 is 17.1. The molecular weight excluding hydrogens is 448 g/mol. The van der Waals surface area contributed by atoms with Crippen molar-refractivity contribution in [1.29, 1.82) is 0 Å². The van der Waals surface area contributed by atoms with E-state index in [1.807, 2.05) is 12.1 Å². The topological polar surface area (TPSA) is 44.8 Å². The molecule has 0 heterocycles. The largest absolute Gasteiger partial charge is 0.459 e. The zero-order chi connectivity index (χ0) is 25.4. The molecule has 36 heavy (non-hydrogen) atoms. The van der Waals surface area contributed by atoms with Gasteiger partial charge in [0, 0.05) is 20.3 Å². The molecule has 0 spiro atoms. The third-order valence-electron chi connectivity index (χ3n) is 7.99. The lowest BCUT2D eigenvalue weighted by molar-refractivity contribution is 0.0112. The van der Waals surface area contributed by atoms with Gasteiger partial charge in [-0.25, -0.2) is 4.79 Å². The number of aryl methyl sites for hydroxylation is 1. The van der Waals surface area contributed by atoms with E-state index >= 15 is 0 Å². The Balaban J connectivity index is 1.26. The lowest BCUT2D eigenvalue weighted by atomic mass is 9.87. The number of carbonyl (C=O) groups excluding carboxylic acids is 1. The number of esters is 1. The average Bonchev–Trinajstić information content (AvgIpc) is 2.91. The number of hydrogen-bond donors (Lipinski definition) is 0. The van der Waals surface area contributed by atoms with E-state index < -0.39 is 0 Å². The van der Waals surface area contributed by atoms with Crippen LogP contribution in [0.2, 0.25) is 0 Å². The molecule has 0 amide bonds. The first-order valence-corrected chi connectivity index (χ1v) is 14.7. The highest BCUT2D eigenvalue weighted by Gasteiger charge is 2.24. The molecule has 0 bridgehead atoms. The van der Waals surface area contributed by atoms with Crippen molar-refractivity contribution < 1.29 is 19.0 Å². The Kier molecular flexibility index (Phi) is 13.6. The van der Waals surface area contributed by atoms with E-state index in [1.54, 1.807) is 7.11 Å². The minimum absolute atomic E-state index is 0.0487. The smallest absolute Gasteiger partial charge is 0.338 e. The van der Waals surface area contributed by atoms with Crippen molar-refractivity contribution in [2.24, 2.45) is 11.8 Å². The zero-order valence-electron chi connectivity index (χ0n) is 22.9. The number of unbranched alkanes of at least 4 members (excludes halogenated alkanes) is 4. The normalized spacial score (nSPS) is 24.7. The molecule has 0 N–H and O–H groups in total. The fourth-order valence-electron chi connectivity index (χ4n) is 5.62. The van der Waals surface area contributed by atoms with Crippen molar-refractivity contribution in [1.82, 2.24) is 0 Å². The van der Waals surface area contributed by atoms with E-state index in [-0.39, 0.29) is 12.1 Å². The predicted octanol–water partition coefficient (Wildman–Crippen LogP) is 8.08. The van der Waals surface area contributed by atoms with E-state index in [0.717, 1.165) is 51.7 Å². The third-order valence-corrected chi connectivity index (χ3v) is 7.99. The summed E-state index contributed by atoms with van der Waals surface area (Å²) in [6, 6.07) is 7.99. The van der Waals surface area contributed by atoms with Gasteiger partial charge >= 0.3 is 5.97 Å². The second-order valence-electron chi connectivity index (χ2n) is 11.0. The summed E-state index contributed by atoms with van der Waals surface area (Å²) in [7, 11) is 1.75. The number of benzene rings is 1. The van der Waals surface area contributed by atoms with Gasteiger partial charge in [-0.15, -0.1) is 0 Å². The number of methoxy groups -OCH3 is 1. The number of hydrogen-bond acceptors (Lipinski definition) is 4. The SMILES string of the molecule is CCCCCCCOC1CCC(/C=C/CCc2ccc(C(=O)OC3CCC(COC)CC3)cc2)CC1. The van der Waals surface area contributed by atoms with Gasteiger partial charge < -0.3 is 14.2 Å². The van der Waals surface area contributed by atoms with Gasteiger partial charge in [0.05, 0.1) is 11.7 Å². The Morgan fingerprint density at radius 1 is 0.889 bits per heavy atom. The van der Waals surface area contributed by atoms with Crippen LogP contribution in [0.4, 0.5) is 0 Å². The van der Waals surface area contributed by atoms with Gasteiger partial charge in [0.2, 0.25) is 0 Å². The summed E-state index contributed by atoms with van der Waals surface area (Å²) in [5, 5.41) is 0. The van der Waals surface area contributed by atoms with E-state index in [4.69, 9.17) is 14.2 Å². The highest BCUT2D eigenvalue weighted by atomic mass is 16.5. The molecule has 1 aromatic carbocycles. The quantitative estimate of drug-likeness (QED) is 0.139. The van der Waals surface area contributed by atoms with Gasteiger partial charge in [-0.3, -0.25) is 0 Å². The Morgan fingerprint density at radius 3 is 2.28 bits per heavy atom. The third kappa shape index (κ3) is 10.8. The minimum Gasteiger partial charge on any atom is -0.459 e. The predicted molar refractivity (Wildman–Crippen MR) is 147 cm³/mol. The van der Waals surface area contributed by atoms with E-state index in [1.165, 1.54) is 63.4 Å². The molecule has 4 heteroatoms. The highest BCUT2D eigenvalue weighted by Crippen LogP contribution is 2.28. The lowest BCUT2D eigenvalue weighted by Gasteiger charge is -2.27. The molecule has 0 atom stereocenters. The molecule has 0 aliphatic heterocycles. The van der Waals surface area contributed by atoms with Gasteiger partial charge in [-0.1, -0.05) is 56.9 Å². The fraction of sp³-hybridized carbons (Fsp3) is 0.719. The first-order valence-electron chi connectivity index (χ1n) is 14.7. The summed E-state index contributed by atoms with van der Waals surface area (Å²) in [6.07, 6.45) is 22.9. The van der Waals surface area contributed by atoms with Gasteiger partial charge in [0.15, 0.2) is 0 Å². The van der Waals surface area contributed by atoms with Crippen molar-refractivity contribution >= 4 is 5.97 Å². The van der Waals surface area contributed by atoms with Gasteiger partial charge in [0.1, 0.15) is 6.10 Å². The first kappa shape index (κ1) is 28.9. The molecule has 202 valence electrons. The molecule has 2 aliphatic carbocycles. The molecule has 2 aliphatic rings. The van der Waals surface area contributed by atoms with Crippen LogP contribution in [0.15, 0.2) is 36.4 Å². The highest BCUT2D eigenvalue weighted by molar-refractivity contribution is 5.89. The summed E-state index contributed by atoms with van der Waals surface area (Å²) in [5.74, 6) is 1.13.